The van der Waals surface area contributed by atoms with Crippen molar-refractivity contribution >= 4 is 29.0 Å². The first kappa shape index (κ1) is 21.0. The number of esters is 1. The number of hydrogen-bond acceptors (Lipinski definition) is 5. The molecule has 0 aliphatic heterocycles. The number of methoxy groups -OCH3 is 1. The lowest BCUT2D eigenvalue weighted by molar-refractivity contribution is 0.0595. The van der Waals surface area contributed by atoms with Gasteiger partial charge in [0.25, 0.3) is 0 Å². The topological polar surface area (TPSA) is 59.5 Å². The van der Waals surface area contributed by atoms with Gasteiger partial charge in [0, 0.05) is 23.2 Å². The molecule has 31 heavy (non-hydrogen) atoms. The fraction of sp³-hybridized carbons (Fsp3) is 0.208. The third kappa shape index (κ3) is 4.75. The Kier molecular flexibility index (Phi) is 6.00. The van der Waals surface area contributed by atoms with Crippen molar-refractivity contribution in [2.24, 2.45) is 0 Å². The lowest BCUT2D eigenvalue weighted by Gasteiger charge is -2.24. The van der Waals surface area contributed by atoms with Gasteiger partial charge >= 0.3 is 5.97 Å². The van der Waals surface area contributed by atoms with E-state index in [4.69, 9.17) is 11.6 Å². The average Bonchev–Trinajstić information content (AvgIpc) is 3.63. The van der Waals surface area contributed by atoms with E-state index in [2.05, 4.69) is 14.6 Å². The van der Waals surface area contributed by atoms with Crippen LogP contribution in [-0.2, 0) is 11.3 Å². The molecule has 1 aromatic heterocycles. The predicted octanol–water partition coefficient (Wildman–Crippen LogP) is 5.06. The van der Waals surface area contributed by atoms with Crippen LogP contribution in [0.25, 0.3) is 0 Å². The normalized spacial score (nSPS) is 13.0. The molecule has 1 fully saturated rings. The van der Waals surface area contributed by atoms with Gasteiger partial charge < -0.3 is 9.64 Å². The Labute approximate surface area is 184 Å². The maximum absolute atomic E-state index is 13.9. The van der Waals surface area contributed by atoms with Crippen LogP contribution < -0.4 is 4.90 Å². The van der Waals surface area contributed by atoms with Crippen LogP contribution in [0.1, 0.15) is 44.8 Å². The Morgan fingerprint density at radius 2 is 1.87 bits per heavy atom. The molecule has 2 aromatic carbocycles. The van der Waals surface area contributed by atoms with Crippen LogP contribution in [0.4, 0.5) is 10.1 Å². The predicted molar refractivity (Wildman–Crippen MR) is 116 cm³/mol. The largest absolute Gasteiger partial charge is 0.465 e. The number of hydrogen-bond donors (Lipinski definition) is 0. The van der Waals surface area contributed by atoms with E-state index in [-0.39, 0.29) is 16.8 Å². The van der Waals surface area contributed by atoms with Crippen molar-refractivity contribution in [3.63, 3.8) is 0 Å². The van der Waals surface area contributed by atoms with Gasteiger partial charge in [-0.25, -0.2) is 9.18 Å². The molecule has 1 saturated carbocycles. The maximum Gasteiger partial charge on any atom is 0.340 e. The number of nitrogens with zero attached hydrogens (tertiary/aromatic N) is 2. The summed E-state index contributed by atoms with van der Waals surface area (Å²) in [7, 11) is 1.16. The lowest BCUT2D eigenvalue weighted by Crippen LogP contribution is -2.25. The first-order chi connectivity index (χ1) is 15.0. The fourth-order valence-electron chi connectivity index (χ4n) is 3.37. The summed E-state index contributed by atoms with van der Waals surface area (Å²) in [6.45, 7) is 0.720. The summed E-state index contributed by atoms with van der Waals surface area (Å²) < 4.78 is 18.4. The zero-order valence-electron chi connectivity index (χ0n) is 16.8. The molecule has 5 nitrogen and oxygen atoms in total. The highest BCUT2D eigenvalue weighted by atomic mass is 35.5. The van der Waals surface area contributed by atoms with Crippen molar-refractivity contribution < 1.29 is 18.7 Å². The van der Waals surface area contributed by atoms with E-state index in [0.29, 0.717) is 11.1 Å². The molecule has 158 valence electrons. The number of rotatable bonds is 7. The van der Waals surface area contributed by atoms with Gasteiger partial charge in [-0.05, 0) is 60.9 Å². The zero-order valence-corrected chi connectivity index (χ0v) is 17.6. The third-order valence-corrected chi connectivity index (χ3v) is 5.45. The number of ketones is 1. The highest BCUT2D eigenvalue weighted by Gasteiger charge is 2.29. The van der Waals surface area contributed by atoms with E-state index in [1.54, 1.807) is 12.3 Å². The van der Waals surface area contributed by atoms with Crippen LogP contribution in [0.5, 0.6) is 0 Å². The Morgan fingerprint density at radius 3 is 2.48 bits per heavy atom. The van der Waals surface area contributed by atoms with Crippen molar-refractivity contribution in [1.82, 2.24) is 4.98 Å². The van der Waals surface area contributed by atoms with Gasteiger partial charge in [0.15, 0.2) is 0 Å². The van der Waals surface area contributed by atoms with Gasteiger partial charge in [-0.1, -0.05) is 23.7 Å². The molecule has 7 heteroatoms. The fourth-order valence-corrected chi connectivity index (χ4v) is 3.50. The molecule has 0 amide bonds. The van der Waals surface area contributed by atoms with Gasteiger partial charge in [-0.15, -0.1) is 0 Å². The van der Waals surface area contributed by atoms with Gasteiger partial charge in [0.2, 0.25) is 5.78 Å². The van der Waals surface area contributed by atoms with Crippen molar-refractivity contribution in [2.45, 2.75) is 25.4 Å². The molecule has 0 unspecified atom stereocenters. The molecule has 0 spiro atoms. The van der Waals surface area contributed by atoms with E-state index in [1.807, 2.05) is 30.3 Å². The minimum absolute atomic E-state index is 0.169. The summed E-state index contributed by atoms with van der Waals surface area (Å²) in [5.41, 5.74) is 2.16. The summed E-state index contributed by atoms with van der Waals surface area (Å²) in [5.74, 6) is -1.97. The molecule has 3 aromatic rings. The number of anilines is 1. The van der Waals surface area contributed by atoms with Crippen LogP contribution in [-0.4, -0.2) is 29.9 Å². The summed E-state index contributed by atoms with van der Waals surface area (Å²) in [4.78, 5) is 31.1. The number of pyridine rings is 1. The van der Waals surface area contributed by atoms with Crippen LogP contribution in [0, 0.1) is 5.82 Å². The number of carbonyl (C=O) groups excluding carboxylic acids is 2. The molecule has 1 aliphatic rings. The first-order valence-corrected chi connectivity index (χ1v) is 10.2. The molecule has 0 saturated heterocycles. The lowest BCUT2D eigenvalue weighted by atomic mass is 10.0. The highest BCUT2D eigenvalue weighted by molar-refractivity contribution is 6.30. The third-order valence-electron chi connectivity index (χ3n) is 5.20. The second kappa shape index (κ2) is 8.86. The van der Waals surface area contributed by atoms with E-state index in [0.717, 1.165) is 43.8 Å². The maximum atomic E-state index is 13.9. The molecule has 0 radical (unpaired) electrons. The van der Waals surface area contributed by atoms with Gasteiger partial charge in [-0.3, -0.25) is 9.78 Å². The average molecular weight is 439 g/mol. The van der Waals surface area contributed by atoms with Crippen molar-refractivity contribution in [2.75, 3.05) is 12.0 Å². The van der Waals surface area contributed by atoms with Crippen molar-refractivity contribution in [3.8, 4) is 0 Å². The molecular formula is C24H20ClFN2O3. The van der Waals surface area contributed by atoms with Crippen LogP contribution in [0.3, 0.4) is 0 Å². The molecule has 0 bridgehead atoms. The van der Waals surface area contributed by atoms with Crippen molar-refractivity contribution in [1.29, 1.82) is 0 Å². The summed E-state index contributed by atoms with van der Waals surface area (Å²) in [5, 5.41) is 0.697. The van der Waals surface area contributed by atoms with E-state index in [9.17, 15) is 14.0 Å². The molecule has 1 heterocycles. The Balaban J connectivity index is 1.55. The van der Waals surface area contributed by atoms with E-state index in [1.165, 1.54) is 12.1 Å². The van der Waals surface area contributed by atoms with E-state index < -0.39 is 17.6 Å². The number of benzene rings is 2. The van der Waals surface area contributed by atoms with Gasteiger partial charge in [0.1, 0.15) is 11.5 Å². The van der Waals surface area contributed by atoms with Gasteiger partial charge in [0.05, 0.1) is 24.6 Å². The smallest absolute Gasteiger partial charge is 0.340 e. The molecular weight excluding hydrogens is 419 g/mol. The standard InChI is InChI=1S/C24H20ClFN2O3/c1-31-24(30)20-12-16(4-10-21(20)26)23(29)22-11-9-19(13-27-22)28(18-7-8-18)14-15-2-5-17(25)6-3-15/h2-6,9-13,18H,7-8,14H2,1H3. The summed E-state index contributed by atoms with van der Waals surface area (Å²) in [6, 6.07) is 15.3. The van der Waals surface area contributed by atoms with Crippen LogP contribution in [0.2, 0.25) is 5.02 Å². The highest BCUT2D eigenvalue weighted by Crippen LogP contribution is 2.33. The summed E-state index contributed by atoms with van der Waals surface area (Å²) >= 11 is 5.98. The minimum Gasteiger partial charge on any atom is -0.465 e. The monoisotopic (exact) mass is 438 g/mol. The second-order valence-electron chi connectivity index (χ2n) is 7.40. The Morgan fingerprint density at radius 1 is 1.13 bits per heavy atom. The minimum atomic E-state index is -0.835. The quantitative estimate of drug-likeness (QED) is 0.381. The molecule has 4 rings (SSSR count). The Bertz CT molecular complexity index is 1110. The first-order valence-electron chi connectivity index (χ1n) is 9.86. The van der Waals surface area contributed by atoms with Gasteiger partial charge in [-0.2, -0.15) is 0 Å². The molecule has 1 aliphatic carbocycles. The number of halogens is 2. The second-order valence-corrected chi connectivity index (χ2v) is 7.84. The summed E-state index contributed by atoms with van der Waals surface area (Å²) in [6.07, 6.45) is 3.90. The van der Waals surface area contributed by atoms with E-state index >= 15 is 0 Å². The number of carbonyl (C=O) groups is 2. The number of aromatic nitrogens is 1. The molecule has 0 atom stereocenters. The molecule has 0 N–H and O–H groups in total. The van der Waals surface area contributed by atoms with Crippen molar-refractivity contribution in [3.05, 3.63) is 94.0 Å². The SMILES string of the molecule is COC(=O)c1cc(C(=O)c2ccc(N(Cc3ccc(Cl)cc3)C3CC3)cn2)ccc1F. The van der Waals surface area contributed by atoms with Crippen LogP contribution in [0.15, 0.2) is 60.8 Å². The Hall–Kier alpha value is -3.25. The van der Waals surface area contributed by atoms with Crippen LogP contribution >= 0.6 is 11.6 Å². The number of ether oxygens (including phenoxy) is 1. The zero-order chi connectivity index (χ0) is 22.0.